The fourth-order valence-corrected chi connectivity index (χ4v) is 4.21. The van der Waals surface area contributed by atoms with Gasteiger partial charge >= 0.3 is 5.97 Å². The van der Waals surface area contributed by atoms with E-state index in [0.29, 0.717) is 24.9 Å². The molecule has 1 aromatic carbocycles. The minimum absolute atomic E-state index is 0.0415. The first-order chi connectivity index (χ1) is 18.3. The largest absolute Gasteiger partial charge is 0.481 e. The Balaban J connectivity index is 2.04. The lowest BCUT2D eigenvalue weighted by atomic mass is 10.0. The Hall–Kier alpha value is -4.07. The fourth-order valence-electron chi connectivity index (χ4n) is 4.21. The first kappa shape index (κ1) is 31.1. The summed E-state index contributed by atoms with van der Waals surface area (Å²) in [7, 11) is 0. The summed E-state index contributed by atoms with van der Waals surface area (Å²) in [6, 6.07) is 1.43. The number of non-ortho nitro benzene ring substituents is 1. The van der Waals surface area contributed by atoms with E-state index in [1.807, 2.05) is 13.8 Å². The number of aliphatic carboxylic acids is 1. The highest BCUT2D eigenvalue weighted by molar-refractivity contribution is 5.99. The molecule has 1 fully saturated rings. The van der Waals surface area contributed by atoms with Crippen molar-refractivity contribution in [2.75, 3.05) is 11.9 Å². The fraction of sp³-hybridized carbons (Fsp3) is 0.560. The van der Waals surface area contributed by atoms with Crippen molar-refractivity contribution in [3.05, 3.63) is 34.4 Å². The number of hydrogen-bond donors (Lipinski definition) is 5. The van der Waals surface area contributed by atoms with Gasteiger partial charge in [0.2, 0.25) is 23.6 Å². The van der Waals surface area contributed by atoms with Gasteiger partial charge in [-0.3, -0.25) is 34.1 Å². The molecule has 0 aliphatic carbocycles. The van der Waals surface area contributed by atoms with Crippen molar-refractivity contribution in [2.45, 2.75) is 77.0 Å². The van der Waals surface area contributed by atoms with Crippen LogP contribution in [0.4, 0.5) is 11.4 Å². The van der Waals surface area contributed by atoms with Gasteiger partial charge in [-0.05, 0) is 50.7 Å². The molecule has 2 rings (SSSR count). The van der Waals surface area contributed by atoms with Crippen LogP contribution in [-0.4, -0.2) is 75.2 Å². The van der Waals surface area contributed by atoms with E-state index in [2.05, 4.69) is 16.0 Å². The van der Waals surface area contributed by atoms with E-state index >= 15 is 0 Å². The summed E-state index contributed by atoms with van der Waals surface area (Å²) in [5.41, 5.74) is 5.91. The van der Waals surface area contributed by atoms with Crippen molar-refractivity contribution in [1.29, 1.82) is 0 Å². The number of nitro benzene ring substituents is 1. The van der Waals surface area contributed by atoms with Crippen LogP contribution in [0.3, 0.4) is 0 Å². The van der Waals surface area contributed by atoms with E-state index < -0.39 is 58.7 Å². The normalized spacial score (nSPS) is 17.2. The molecule has 4 atom stereocenters. The number of nitrogens with two attached hydrogens (primary N) is 1. The molecule has 214 valence electrons. The van der Waals surface area contributed by atoms with Gasteiger partial charge in [0, 0.05) is 30.8 Å². The van der Waals surface area contributed by atoms with Gasteiger partial charge in [0.05, 0.1) is 11.0 Å². The molecule has 0 radical (unpaired) electrons. The van der Waals surface area contributed by atoms with E-state index in [1.54, 1.807) is 0 Å². The predicted molar refractivity (Wildman–Crippen MR) is 140 cm³/mol. The molecular formula is C25H36N6O8. The van der Waals surface area contributed by atoms with Gasteiger partial charge in [-0.1, -0.05) is 13.8 Å². The molecule has 1 heterocycles. The molecule has 0 aromatic heterocycles. The van der Waals surface area contributed by atoms with Crippen molar-refractivity contribution in [2.24, 2.45) is 11.7 Å². The van der Waals surface area contributed by atoms with Crippen molar-refractivity contribution < 1.29 is 34.0 Å². The molecule has 0 bridgehead atoms. The summed E-state index contributed by atoms with van der Waals surface area (Å²) >= 11 is 0. The van der Waals surface area contributed by atoms with Crippen LogP contribution < -0.4 is 21.7 Å². The van der Waals surface area contributed by atoms with Crippen LogP contribution in [0.5, 0.6) is 0 Å². The first-order valence-corrected chi connectivity index (χ1v) is 12.7. The van der Waals surface area contributed by atoms with Gasteiger partial charge in [0.15, 0.2) is 0 Å². The van der Waals surface area contributed by atoms with Gasteiger partial charge < -0.3 is 31.7 Å². The highest BCUT2D eigenvalue weighted by Crippen LogP contribution is 2.20. The Morgan fingerprint density at radius 3 is 2.31 bits per heavy atom. The Morgan fingerprint density at radius 1 is 1.10 bits per heavy atom. The molecule has 3 unspecified atom stereocenters. The first-order valence-electron chi connectivity index (χ1n) is 12.7. The third-order valence-corrected chi connectivity index (χ3v) is 6.26. The number of nitro groups is 1. The Labute approximate surface area is 225 Å². The lowest BCUT2D eigenvalue weighted by Gasteiger charge is -2.29. The number of amides is 4. The average Bonchev–Trinajstić information content (AvgIpc) is 3.36. The summed E-state index contributed by atoms with van der Waals surface area (Å²) in [5, 5.41) is 27.5. The van der Waals surface area contributed by atoms with Crippen molar-refractivity contribution >= 4 is 41.0 Å². The number of carbonyl (C=O) groups excluding carboxylic acids is 4. The van der Waals surface area contributed by atoms with Crippen LogP contribution in [0.15, 0.2) is 24.3 Å². The molecule has 1 aromatic rings. The Morgan fingerprint density at radius 2 is 1.74 bits per heavy atom. The molecule has 1 aliphatic rings. The third kappa shape index (κ3) is 9.32. The molecule has 0 saturated carbocycles. The molecule has 6 N–H and O–H groups in total. The number of carboxylic acid groups (broad SMARTS) is 1. The molecule has 1 saturated heterocycles. The number of rotatable bonds is 13. The summed E-state index contributed by atoms with van der Waals surface area (Å²) < 4.78 is 0. The van der Waals surface area contributed by atoms with Crippen LogP contribution in [0, 0.1) is 16.0 Å². The van der Waals surface area contributed by atoms with Gasteiger partial charge in [0.25, 0.3) is 5.69 Å². The lowest BCUT2D eigenvalue weighted by molar-refractivity contribution is -0.384. The zero-order valence-electron chi connectivity index (χ0n) is 22.2. The quantitative estimate of drug-likeness (QED) is 0.173. The molecular weight excluding hydrogens is 512 g/mol. The topological polar surface area (TPSA) is 214 Å². The number of nitrogens with one attached hydrogen (secondary N) is 3. The van der Waals surface area contributed by atoms with Crippen LogP contribution >= 0.6 is 0 Å². The number of likely N-dealkylation sites (tertiary alicyclic amines) is 1. The van der Waals surface area contributed by atoms with Gasteiger partial charge in [-0.15, -0.1) is 0 Å². The van der Waals surface area contributed by atoms with E-state index in [1.165, 1.54) is 36.1 Å². The smallest absolute Gasteiger partial charge is 0.303 e. The number of carbonyl (C=O) groups is 5. The molecule has 39 heavy (non-hydrogen) atoms. The summed E-state index contributed by atoms with van der Waals surface area (Å²) in [4.78, 5) is 73.9. The maximum atomic E-state index is 13.2. The Kier molecular flexibility index (Phi) is 11.3. The lowest BCUT2D eigenvalue weighted by Crippen LogP contribution is -2.56. The average molecular weight is 549 g/mol. The SMILES string of the molecule is CC(C)CC(NC(=O)[C@@H]1CCCN1C(=O)C(C)NC(=O)C(N)CCC(=O)O)C(=O)Nc1ccc([N+](=O)[O-])cc1. The number of nitrogens with zero attached hydrogens (tertiary/aromatic N) is 2. The molecule has 0 spiro atoms. The molecule has 4 amide bonds. The minimum Gasteiger partial charge on any atom is -0.481 e. The number of benzene rings is 1. The van der Waals surface area contributed by atoms with Gasteiger partial charge in [0.1, 0.15) is 18.1 Å². The Bertz CT molecular complexity index is 1080. The summed E-state index contributed by atoms with van der Waals surface area (Å²) in [6.45, 7) is 5.51. The minimum atomic E-state index is -1.10. The zero-order chi connectivity index (χ0) is 29.3. The van der Waals surface area contributed by atoms with Crippen molar-refractivity contribution in [3.8, 4) is 0 Å². The second-order valence-electron chi connectivity index (χ2n) is 9.94. The van der Waals surface area contributed by atoms with E-state index in [-0.39, 0.29) is 31.0 Å². The van der Waals surface area contributed by atoms with E-state index in [0.717, 1.165) is 0 Å². The highest BCUT2D eigenvalue weighted by atomic mass is 16.6. The van der Waals surface area contributed by atoms with Gasteiger partial charge in [-0.25, -0.2) is 0 Å². The number of carboxylic acids is 1. The number of hydrogen-bond acceptors (Lipinski definition) is 8. The maximum Gasteiger partial charge on any atom is 0.303 e. The van der Waals surface area contributed by atoms with Crippen molar-refractivity contribution in [1.82, 2.24) is 15.5 Å². The van der Waals surface area contributed by atoms with Crippen LogP contribution in [0.1, 0.15) is 52.9 Å². The monoisotopic (exact) mass is 548 g/mol. The predicted octanol–water partition coefficient (Wildman–Crippen LogP) is 0.752. The van der Waals surface area contributed by atoms with Crippen molar-refractivity contribution in [3.63, 3.8) is 0 Å². The zero-order valence-corrected chi connectivity index (χ0v) is 22.2. The maximum absolute atomic E-state index is 13.2. The molecule has 1 aliphatic heterocycles. The van der Waals surface area contributed by atoms with E-state index in [9.17, 15) is 34.1 Å². The highest BCUT2D eigenvalue weighted by Gasteiger charge is 2.38. The molecule has 14 nitrogen and oxygen atoms in total. The second kappa shape index (κ2) is 14.2. The van der Waals surface area contributed by atoms with Gasteiger partial charge in [-0.2, -0.15) is 0 Å². The second-order valence-corrected chi connectivity index (χ2v) is 9.94. The number of anilines is 1. The third-order valence-electron chi connectivity index (χ3n) is 6.26. The van der Waals surface area contributed by atoms with Crippen LogP contribution in [-0.2, 0) is 24.0 Å². The van der Waals surface area contributed by atoms with Crippen LogP contribution in [0.2, 0.25) is 0 Å². The van der Waals surface area contributed by atoms with E-state index in [4.69, 9.17) is 10.8 Å². The standard InChI is InChI=1S/C25H36N6O8/c1-14(2)13-19(23(35)28-16-6-8-17(9-7-16)31(38)39)29-24(36)20-5-4-12-30(20)25(37)15(3)27-22(34)18(26)10-11-21(32)33/h6-9,14-15,18-20H,4-5,10-13,26H2,1-3H3,(H,27,34)(H,28,35)(H,29,36)(H,32,33)/t15?,18?,19?,20-/m0/s1. The van der Waals surface area contributed by atoms with Crippen LogP contribution in [0.25, 0.3) is 0 Å². The molecule has 14 heteroatoms. The summed E-state index contributed by atoms with van der Waals surface area (Å²) in [5.74, 6) is -3.23. The summed E-state index contributed by atoms with van der Waals surface area (Å²) in [6.07, 6.45) is 0.851.